The van der Waals surface area contributed by atoms with Gasteiger partial charge in [0.1, 0.15) is 19.0 Å². The fraction of sp³-hybridized carbons (Fsp3) is 0.375. The minimum absolute atomic E-state index is 0.0873. The highest BCUT2D eigenvalue weighted by Gasteiger charge is 2.76. The highest BCUT2D eigenvalue weighted by Crippen LogP contribution is 2.65. The molecule has 1 saturated carbocycles. The molecule has 5 nitrogen and oxygen atoms in total. The van der Waals surface area contributed by atoms with Crippen LogP contribution in [0, 0.1) is 24.7 Å². The molecule has 1 saturated heterocycles. The van der Waals surface area contributed by atoms with Gasteiger partial charge in [-0.15, -0.1) is 0 Å². The summed E-state index contributed by atoms with van der Waals surface area (Å²) >= 11 is 0. The second-order valence-electron chi connectivity index (χ2n) is 11.0. The Balaban J connectivity index is 1.28. The van der Waals surface area contributed by atoms with Gasteiger partial charge in [-0.3, -0.25) is 4.79 Å². The number of benzene rings is 3. The molecule has 0 radical (unpaired) electrons. The molecule has 2 atom stereocenters. The van der Waals surface area contributed by atoms with Gasteiger partial charge >= 0.3 is 11.9 Å². The van der Waals surface area contributed by atoms with Crippen molar-refractivity contribution in [3.05, 3.63) is 83.9 Å². The molecule has 198 valence electrons. The molecule has 3 aromatic carbocycles. The number of hydrogen-bond acceptors (Lipinski definition) is 5. The van der Waals surface area contributed by atoms with E-state index < -0.39 is 22.4 Å². The largest absolute Gasteiger partial charge is 0.489 e. The van der Waals surface area contributed by atoms with Crippen LogP contribution in [0.2, 0.25) is 0 Å². The molecule has 0 aromatic heterocycles. The number of aryl methyl sites for hydroxylation is 2. The minimum Gasteiger partial charge on any atom is -0.489 e. The smallest absolute Gasteiger partial charge is 0.351 e. The summed E-state index contributed by atoms with van der Waals surface area (Å²) in [4.78, 5) is 29.3. The van der Waals surface area contributed by atoms with E-state index in [1.165, 1.54) is 14.7 Å². The number of rotatable bonds is 8. The molecule has 6 heteroatoms. The van der Waals surface area contributed by atoms with Crippen molar-refractivity contribution in [2.24, 2.45) is 10.8 Å². The first-order valence-corrected chi connectivity index (χ1v) is 14.3. The fourth-order valence-corrected chi connectivity index (χ4v) is 8.14. The monoisotopic (exact) mass is 531 g/mol. The summed E-state index contributed by atoms with van der Waals surface area (Å²) in [6.45, 7) is 10.1. The van der Waals surface area contributed by atoms with Crippen LogP contribution in [-0.2, 0) is 30.0 Å². The highest BCUT2D eigenvalue weighted by molar-refractivity contribution is 7.97. The molecule has 2 aliphatic rings. The lowest BCUT2D eigenvalue weighted by Gasteiger charge is -2.34. The van der Waals surface area contributed by atoms with Crippen LogP contribution in [0.15, 0.2) is 87.5 Å². The van der Waals surface area contributed by atoms with Gasteiger partial charge in [0.25, 0.3) is 0 Å². The maximum absolute atomic E-state index is 13.1. The van der Waals surface area contributed by atoms with E-state index in [0.717, 1.165) is 16.9 Å². The lowest BCUT2D eigenvalue weighted by Crippen LogP contribution is -2.49. The van der Waals surface area contributed by atoms with Gasteiger partial charge in [-0.2, -0.15) is 0 Å². The zero-order valence-corrected chi connectivity index (χ0v) is 23.5. The SMILES string of the molecule is Cc1cc([S+](c2ccccc2)c2ccccc2)cc(C)c1OCCOC(=O)C12CCC(C)(C(=O)O1)C2(C)C. The molecule has 0 spiro atoms. The van der Waals surface area contributed by atoms with E-state index in [0.29, 0.717) is 12.8 Å². The molecule has 5 rings (SSSR count). The first-order chi connectivity index (χ1) is 18.1. The summed E-state index contributed by atoms with van der Waals surface area (Å²) in [6, 6.07) is 25.5. The molecule has 1 aliphatic carbocycles. The number of hydrogen-bond donors (Lipinski definition) is 0. The number of carbonyl (C=O) groups excluding carboxylic acids is 2. The van der Waals surface area contributed by atoms with Gasteiger partial charge in [-0.1, -0.05) is 50.2 Å². The predicted octanol–water partition coefficient (Wildman–Crippen LogP) is 6.44. The Morgan fingerprint density at radius 1 is 0.842 bits per heavy atom. The van der Waals surface area contributed by atoms with E-state index in [2.05, 4.69) is 60.7 Å². The lowest BCUT2D eigenvalue weighted by atomic mass is 9.66. The first kappa shape index (κ1) is 26.4. The molecule has 2 bridgehead atoms. The maximum atomic E-state index is 13.1. The fourth-order valence-electron chi connectivity index (χ4n) is 5.87. The van der Waals surface area contributed by atoms with E-state index in [9.17, 15) is 9.59 Å². The number of fused-ring (bicyclic) bond motifs is 2. The van der Waals surface area contributed by atoms with Crippen molar-refractivity contribution in [3.8, 4) is 5.75 Å². The number of ether oxygens (including phenoxy) is 3. The summed E-state index contributed by atoms with van der Waals surface area (Å²) < 4.78 is 17.4. The molecule has 1 heterocycles. The molecule has 1 aliphatic heterocycles. The standard InChI is InChI=1S/C32H35O5S/c1-22-20-26(38(24-12-8-6-9-13-24)25-14-10-7-11-15-25)21-23(2)27(22)35-18-19-36-29(34)32-17-16-31(5,28(33)37-32)30(32,3)4/h6-15,20-21H,16-19H2,1-5H3/q+1. The second kappa shape index (κ2) is 9.81. The quantitative estimate of drug-likeness (QED) is 0.190. The predicted molar refractivity (Wildman–Crippen MR) is 147 cm³/mol. The first-order valence-electron chi connectivity index (χ1n) is 13.1. The third-order valence-corrected chi connectivity index (χ3v) is 10.8. The van der Waals surface area contributed by atoms with Gasteiger partial charge in [-0.25, -0.2) is 4.79 Å². The van der Waals surface area contributed by atoms with Crippen LogP contribution < -0.4 is 4.74 Å². The van der Waals surface area contributed by atoms with Crippen LogP contribution in [0.25, 0.3) is 0 Å². The van der Waals surface area contributed by atoms with Crippen molar-refractivity contribution in [2.45, 2.75) is 67.7 Å². The van der Waals surface area contributed by atoms with Crippen LogP contribution in [0.1, 0.15) is 44.7 Å². The van der Waals surface area contributed by atoms with Gasteiger partial charge in [0.05, 0.1) is 16.3 Å². The normalized spacial score (nSPS) is 23.4. The Hall–Kier alpha value is -3.25. The topological polar surface area (TPSA) is 61.8 Å². The molecular weight excluding hydrogens is 496 g/mol. The van der Waals surface area contributed by atoms with E-state index in [1.807, 2.05) is 46.8 Å². The summed E-state index contributed by atoms with van der Waals surface area (Å²) in [7, 11) is -0.241. The second-order valence-corrected chi connectivity index (χ2v) is 13.0. The summed E-state index contributed by atoms with van der Waals surface area (Å²) in [5, 5.41) is 0. The third kappa shape index (κ3) is 4.10. The van der Waals surface area contributed by atoms with E-state index in [4.69, 9.17) is 14.2 Å². The third-order valence-electron chi connectivity index (χ3n) is 8.60. The minimum atomic E-state index is -1.21. The zero-order chi connectivity index (χ0) is 27.1. The van der Waals surface area contributed by atoms with Gasteiger partial charge in [0.15, 0.2) is 14.7 Å². The van der Waals surface area contributed by atoms with Crippen molar-refractivity contribution in [1.82, 2.24) is 0 Å². The van der Waals surface area contributed by atoms with Crippen molar-refractivity contribution >= 4 is 22.8 Å². The lowest BCUT2D eigenvalue weighted by molar-refractivity contribution is -0.183. The van der Waals surface area contributed by atoms with Crippen LogP contribution in [0.5, 0.6) is 5.75 Å². The average Bonchev–Trinajstić information content (AvgIpc) is 3.19. The Kier molecular flexibility index (Phi) is 6.80. The molecule has 0 N–H and O–H groups in total. The van der Waals surface area contributed by atoms with Crippen LogP contribution in [0.3, 0.4) is 0 Å². The molecule has 2 unspecified atom stereocenters. The molecule has 3 aromatic rings. The molecule has 2 fully saturated rings. The summed E-state index contributed by atoms with van der Waals surface area (Å²) in [5.74, 6) is 0.0197. The van der Waals surface area contributed by atoms with E-state index >= 15 is 0 Å². The zero-order valence-electron chi connectivity index (χ0n) is 22.7. The van der Waals surface area contributed by atoms with Gasteiger partial charge in [-0.05, 0) is 69.0 Å². The molecular formula is C32H35O5S+. The van der Waals surface area contributed by atoms with Crippen LogP contribution in [-0.4, -0.2) is 30.8 Å². The Bertz CT molecular complexity index is 1290. The highest BCUT2D eigenvalue weighted by atomic mass is 32.2. The van der Waals surface area contributed by atoms with Gasteiger partial charge in [0, 0.05) is 17.5 Å². The number of carbonyl (C=O) groups is 2. The van der Waals surface area contributed by atoms with Gasteiger partial charge in [0.2, 0.25) is 5.60 Å². The van der Waals surface area contributed by atoms with Crippen molar-refractivity contribution in [1.29, 1.82) is 0 Å². The Morgan fingerprint density at radius 2 is 1.39 bits per heavy atom. The van der Waals surface area contributed by atoms with Crippen molar-refractivity contribution < 1.29 is 23.8 Å². The number of esters is 2. The molecule has 38 heavy (non-hydrogen) atoms. The Morgan fingerprint density at radius 3 is 1.87 bits per heavy atom. The van der Waals surface area contributed by atoms with Crippen LogP contribution >= 0.6 is 0 Å². The maximum Gasteiger partial charge on any atom is 0.351 e. The van der Waals surface area contributed by atoms with Crippen molar-refractivity contribution in [3.63, 3.8) is 0 Å². The summed E-state index contributed by atoms with van der Waals surface area (Å²) in [5.41, 5.74) is -0.418. The van der Waals surface area contributed by atoms with Crippen molar-refractivity contribution in [2.75, 3.05) is 13.2 Å². The van der Waals surface area contributed by atoms with Gasteiger partial charge < -0.3 is 14.2 Å². The van der Waals surface area contributed by atoms with E-state index in [1.54, 1.807) is 0 Å². The van der Waals surface area contributed by atoms with E-state index in [-0.39, 0.29) is 30.1 Å². The average molecular weight is 532 g/mol. The van der Waals surface area contributed by atoms with Crippen LogP contribution in [0.4, 0.5) is 0 Å². The molecule has 0 amide bonds. The summed E-state index contributed by atoms with van der Waals surface area (Å²) in [6.07, 6.45) is 1.12. The Labute approximate surface area is 227 Å².